The zero-order chi connectivity index (χ0) is 22.9. The molecule has 0 N–H and O–H groups in total. The van der Waals surface area contributed by atoms with Crippen molar-refractivity contribution in [2.24, 2.45) is 0 Å². The summed E-state index contributed by atoms with van der Waals surface area (Å²) in [7, 11) is 0. The lowest BCUT2D eigenvalue weighted by Crippen LogP contribution is -2.11. The molecule has 5 aromatic rings. The molecule has 0 saturated carbocycles. The molecule has 0 aliphatic heterocycles. The van der Waals surface area contributed by atoms with E-state index >= 15 is 0 Å². The zero-order valence-corrected chi connectivity index (χ0v) is 17.0. The van der Waals surface area contributed by atoms with Crippen LogP contribution in [0, 0.1) is 5.82 Å². The second kappa shape index (κ2) is 8.20. The molecule has 0 saturated heterocycles. The molecule has 0 atom stereocenters. The minimum Gasteiger partial charge on any atom is -0.485 e. The number of fused-ring (bicyclic) bond motifs is 2. The highest BCUT2D eigenvalue weighted by Crippen LogP contribution is 2.29. The van der Waals surface area contributed by atoms with Crippen LogP contribution in [-0.2, 0) is 0 Å². The standard InChI is InChI=1S/C26H15FO6/c27-17-7-5-15(6-8-17)22(28)14-31-18-9-10-19-20(13-25(29)32-24(19)12-18)21-11-16-3-1-2-4-23(16)33-26(21)30/h1-13H,14H2. The van der Waals surface area contributed by atoms with E-state index in [4.69, 9.17) is 13.6 Å². The maximum Gasteiger partial charge on any atom is 0.344 e. The Hall–Kier alpha value is -4.52. The summed E-state index contributed by atoms with van der Waals surface area (Å²) in [6.45, 7) is -0.282. The number of rotatable bonds is 5. The van der Waals surface area contributed by atoms with Gasteiger partial charge in [0.2, 0.25) is 0 Å². The van der Waals surface area contributed by atoms with Gasteiger partial charge in [-0.1, -0.05) is 18.2 Å². The van der Waals surface area contributed by atoms with Gasteiger partial charge in [-0.25, -0.2) is 14.0 Å². The number of hydrogen-bond acceptors (Lipinski definition) is 6. The summed E-state index contributed by atoms with van der Waals surface area (Å²) in [5, 5.41) is 1.22. The van der Waals surface area contributed by atoms with Crippen molar-refractivity contribution >= 4 is 27.7 Å². The van der Waals surface area contributed by atoms with E-state index in [-0.39, 0.29) is 23.5 Å². The number of Topliss-reactive ketones (excluding diaryl/α,β-unsaturated/α-hetero) is 1. The van der Waals surface area contributed by atoms with E-state index in [1.807, 2.05) is 6.07 Å². The third-order valence-electron chi connectivity index (χ3n) is 5.18. The lowest BCUT2D eigenvalue weighted by atomic mass is 10.0. The van der Waals surface area contributed by atoms with Crippen molar-refractivity contribution in [2.45, 2.75) is 0 Å². The second-order valence-corrected chi connectivity index (χ2v) is 7.34. The molecule has 0 unspecified atom stereocenters. The maximum absolute atomic E-state index is 13.0. The molecule has 3 aromatic carbocycles. The first-order valence-electron chi connectivity index (χ1n) is 10.0. The Morgan fingerprint density at radius 3 is 2.42 bits per heavy atom. The molecule has 0 aliphatic rings. The van der Waals surface area contributed by atoms with Crippen LogP contribution < -0.4 is 16.0 Å². The Balaban J connectivity index is 1.50. The van der Waals surface area contributed by atoms with Gasteiger partial charge in [0, 0.05) is 34.0 Å². The SMILES string of the molecule is O=C(COc1ccc2c(-c3cc4ccccc4oc3=O)cc(=O)oc2c1)c1ccc(F)cc1. The number of benzene rings is 3. The summed E-state index contributed by atoms with van der Waals surface area (Å²) < 4.78 is 29.3. The predicted molar refractivity (Wildman–Crippen MR) is 120 cm³/mol. The highest BCUT2D eigenvalue weighted by atomic mass is 19.1. The van der Waals surface area contributed by atoms with E-state index in [0.29, 0.717) is 33.2 Å². The molecule has 33 heavy (non-hydrogen) atoms. The van der Waals surface area contributed by atoms with Gasteiger partial charge in [0.15, 0.2) is 12.4 Å². The molecule has 2 heterocycles. The third kappa shape index (κ3) is 4.04. The molecular weight excluding hydrogens is 427 g/mol. The Labute approximate surface area is 185 Å². The van der Waals surface area contributed by atoms with Crippen molar-refractivity contribution in [3.8, 4) is 16.9 Å². The Bertz CT molecular complexity index is 1630. The van der Waals surface area contributed by atoms with E-state index in [9.17, 15) is 18.8 Å². The van der Waals surface area contributed by atoms with Gasteiger partial charge in [0.05, 0.1) is 5.56 Å². The Morgan fingerprint density at radius 1 is 0.818 bits per heavy atom. The van der Waals surface area contributed by atoms with Crippen molar-refractivity contribution < 1.29 is 22.8 Å². The number of carbonyl (C=O) groups is 1. The monoisotopic (exact) mass is 442 g/mol. The molecule has 0 amide bonds. The van der Waals surface area contributed by atoms with Gasteiger partial charge in [-0.3, -0.25) is 4.79 Å². The largest absolute Gasteiger partial charge is 0.485 e. The summed E-state index contributed by atoms with van der Waals surface area (Å²) in [5.41, 5.74) is 0.322. The average Bonchev–Trinajstić information content (AvgIpc) is 2.81. The fourth-order valence-electron chi connectivity index (χ4n) is 3.57. The van der Waals surface area contributed by atoms with Crippen LogP contribution in [0.3, 0.4) is 0 Å². The van der Waals surface area contributed by atoms with Crippen LogP contribution in [0.5, 0.6) is 5.75 Å². The van der Waals surface area contributed by atoms with E-state index in [1.54, 1.807) is 36.4 Å². The highest BCUT2D eigenvalue weighted by molar-refractivity contribution is 5.97. The summed E-state index contributed by atoms with van der Waals surface area (Å²) in [6, 6.07) is 19.8. The summed E-state index contributed by atoms with van der Waals surface area (Å²) in [4.78, 5) is 37.1. The van der Waals surface area contributed by atoms with Crippen LogP contribution in [0.4, 0.5) is 4.39 Å². The van der Waals surface area contributed by atoms with Gasteiger partial charge in [0.1, 0.15) is 22.7 Å². The Kier molecular flexibility index (Phi) is 5.06. The zero-order valence-electron chi connectivity index (χ0n) is 17.0. The number of ketones is 1. The Morgan fingerprint density at radius 2 is 1.61 bits per heavy atom. The molecule has 2 aromatic heterocycles. The molecule has 0 aliphatic carbocycles. The third-order valence-corrected chi connectivity index (χ3v) is 5.18. The lowest BCUT2D eigenvalue weighted by Gasteiger charge is -2.09. The van der Waals surface area contributed by atoms with E-state index in [0.717, 1.165) is 0 Å². The molecule has 6 nitrogen and oxygen atoms in total. The van der Waals surface area contributed by atoms with Crippen LogP contribution in [0.25, 0.3) is 33.1 Å². The molecule has 0 spiro atoms. The number of para-hydroxylation sites is 1. The molecule has 0 radical (unpaired) electrons. The van der Waals surface area contributed by atoms with Crippen molar-refractivity contribution in [3.63, 3.8) is 0 Å². The van der Waals surface area contributed by atoms with Gasteiger partial charge in [-0.15, -0.1) is 0 Å². The van der Waals surface area contributed by atoms with Crippen molar-refractivity contribution in [1.82, 2.24) is 0 Å². The van der Waals surface area contributed by atoms with Crippen LogP contribution in [-0.4, -0.2) is 12.4 Å². The molecule has 5 rings (SSSR count). The number of ether oxygens (including phenoxy) is 1. The van der Waals surface area contributed by atoms with Crippen molar-refractivity contribution in [3.05, 3.63) is 111 Å². The van der Waals surface area contributed by atoms with Gasteiger partial charge in [-0.2, -0.15) is 0 Å². The minimum absolute atomic E-state index is 0.191. The van der Waals surface area contributed by atoms with Crippen molar-refractivity contribution in [2.75, 3.05) is 6.61 Å². The normalized spacial score (nSPS) is 11.1. The second-order valence-electron chi connectivity index (χ2n) is 7.34. The van der Waals surface area contributed by atoms with E-state index in [2.05, 4.69) is 0 Å². The van der Waals surface area contributed by atoms with E-state index in [1.165, 1.54) is 36.4 Å². The van der Waals surface area contributed by atoms with Crippen LogP contribution >= 0.6 is 0 Å². The first-order valence-corrected chi connectivity index (χ1v) is 10.0. The number of hydrogen-bond donors (Lipinski definition) is 0. The summed E-state index contributed by atoms with van der Waals surface area (Å²) >= 11 is 0. The smallest absolute Gasteiger partial charge is 0.344 e. The topological polar surface area (TPSA) is 86.7 Å². The van der Waals surface area contributed by atoms with Crippen LogP contribution in [0.2, 0.25) is 0 Å². The molecule has 162 valence electrons. The van der Waals surface area contributed by atoms with E-state index < -0.39 is 17.1 Å². The molecule has 0 bridgehead atoms. The maximum atomic E-state index is 13.0. The fraction of sp³-hybridized carbons (Fsp3) is 0.0385. The van der Waals surface area contributed by atoms with Crippen LogP contribution in [0.15, 0.2) is 97.3 Å². The lowest BCUT2D eigenvalue weighted by molar-refractivity contribution is 0.0921. The highest BCUT2D eigenvalue weighted by Gasteiger charge is 2.15. The fourth-order valence-corrected chi connectivity index (χ4v) is 3.57. The molecular formula is C26H15FO6. The molecule has 7 heteroatoms. The molecule has 0 fully saturated rings. The first kappa shape index (κ1) is 20.4. The van der Waals surface area contributed by atoms with Gasteiger partial charge >= 0.3 is 11.3 Å². The number of carbonyl (C=O) groups excluding carboxylic acids is 1. The quantitative estimate of drug-likeness (QED) is 0.282. The van der Waals surface area contributed by atoms with Gasteiger partial charge < -0.3 is 13.6 Å². The van der Waals surface area contributed by atoms with Crippen LogP contribution in [0.1, 0.15) is 10.4 Å². The minimum atomic E-state index is -0.649. The first-order chi connectivity index (χ1) is 16.0. The summed E-state index contributed by atoms with van der Waals surface area (Å²) in [5.74, 6) is -0.476. The van der Waals surface area contributed by atoms with Gasteiger partial charge in [-0.05, 0) is 48.5 Å². The average molecular weight is 442 g/mol. The number of halogens is 1. The predicted octanol–water partition coefficient (Wildman–Crippen LogP) is 4.97. The summed E-state index contributed by atoms with van der Waals surface area (Å²) in [6.07, 6.45) is 0. The van der Waals surface area contributed by atoms with Crippen molar-refractivity contribution in [1.29, 1.82) is 0 Å². The van der Waals surface area contributed by atoms with Gasteiger partial charge in [0.25, 0.3) is 0 Å².